The molecule has 0 radical (unpaired) electrons. The van der Waals surface area contributed by atoms with E-state index < -0.39 is 0 Å². The molecule has 1 atom stereocenters. The summed E-state index contributed by atoms with van der Waals surface area (Å²) in [5, 5.41) is 8.35. The maximum absolute atomic E-state index is 13.1. The zero-order chi connectivity index (χ0) is 18.8. The Morgan fingerprint density at radius 3 is 2.63 bits per heavy atom. The molecule has 1 aliphatic carbocycles. The van der Waals surface area contributed by atoms with Crippen LogP contribution in [0.25, 0.3) is 0 Å². The number of hydrogen-bond acceptors (Lipinski definition) is 4. The third-order valence-corrected chi connectivity index (χ3v) is 5.94. The van der Waals surface area contributed by atoms with Gasteiger partial charge in [0.15, 0.2) is 0 Å². The first-order valence-electron chi connectivity index (χ1n) is 10.1. The first kappa shape index (κ1) is 18.3. The van der Waals surface area contributed by atoms with Gasteiger partial charge in [0.2, 0.25) is 0 Å². The van der Waals surface area contributed by atoms with E-state index in [-0.39, 0.29) is 5.82 Å². The lowest BCUT2D eigenvalue weighted by atomic mass is 9.89. The molecule has 0 spiro atoms. The van der Waals surface area contributed by atoms with Gasteiger partial charge in [0.25, 0.3) is 0 Å². The predicted octanol–water partition coefficient (Wildman–Crippen LogP) is 2.92. The molecule has 4 rings (SSSR count). The van der Waals surface area contributed by atoms with Crippen LogP contribution in [0.3, 0.4) is 0 Å². The summed E-state index contributed by atoms with van der Waals surface area (Å²) < 4.78 is 15.1. The molecule has 0 saturated carbocycles. The fraction of sp³-hybridized carbons (Fsp3) is 0.571. The standard InChI is InChI=1S/C21H30FN5/c1-16-3-8-20-19(15-16)21(25(2)24-20)23-9-10-26-11-13-27(14-12-26)18-6-4-17(22)5-7-18/h4-7,16,23H,3,8-15H2,1-2H3. The van der Waals surface area contributed by atoms with E-state index in [1.807, 2.05) is 23.9 Å². The van der Waals surface area contributed by atoms with Gasteiger partial charge in [0, 0.05) is 57.6 Å². The molecule has 1 aromatic carbocycles. The summed E-state index contributed by atoms with van der Waals surface area (Å²) in [4.78, 5) is 4.83. The molecular weight excluding hydrogens is 341 g/mol. The van der Waals surface area contributed by atoms with Crippen molar-refractivity contribution in [1.29, 1.82) is 0 Å². The van der Waals surface area contributed by atoms with Gasteiger partial charge < -0.3 is 10.2 Å². The van der Waals surface area contributed by atoms with Gasteiger partial charge >= 0.3 is 0 Å². The van der Waals surface area contributed by atoms with Crippen molar-refractivity contribution < 1.29 is 4.39 Å². The summed E-state index contributed by atoms with van der Waals surface area (Å²) in [5.74, 6) is 1.79. The van der Waals surface area contributed by atoms with Crippen LogP contribution in [0.5, 0.6) is 0 Å². The highest BCUT2D eigenvalue weighted by Gasteiger charge is 2.23. The number of halogens is 1. The Bertz CT molecular complexity index is 762. The topological polar surface area (TPSA) is 36.3 Å². The van der Waals surface area contributed by atoms with E-state index in [0.29, 0.717) is 0 Å². The first-order chi connectivity index (χ1) is 13.1. The zero-order valence-electron chi connectivity index (χ0n) is 16.4. The number of rotatable bonds is 5. The number of fused-ring (bicyclic) bond motifs is 1. The highest BCUT2D eigenvalue weighted by molar-refractivity contribution is 5.49. The molecule has 27 heavy (non-hydrogen) atoms. The summed E-state index contributed by atoms with van der Waals surface area (Å²) in [6.45, 7) is 8.37. The molecule has 0 amide bonds. The highest BCUT2D eigenvalue weighted by Crippen LogP contribution is 2.30. The monoisotopic (exact) mass is 371 g/mol. The molecule has 2 aromatic rings. The quantitative estimate of drug-likeness (QED) is 0.877. The van der Waals surface area contributed by atoms with Crippen molar-refractivity contribution in [3.63, 3.8) is 0 Å². The van der Waals surface area contributed by atoms with Gasteiger partial charge in [-0.25, -0.2) is 4.39 Å². The Labute approximate surface area is 161 Å². The second-order valence-corrected chi connectivity index (χ2v) is 7.98. The Balaban J connectivity index is 1.26. The molecule has 1 aromatic heterocycles. The average molecular weight is 372 g/mol. The summed E-state index contributed by atoms with van der Waals surface area (Å²) in [5.41, 5.74) is 3.83. The summed E-state index contributed by atoms with van der Waals surface area (Å²) in [6.07, 6.45) is 3.50. The van der Waals surface area contributed by atoms with E-state index in [1.54, 1.807) is 12.1 Å². The van der Waals surface area contributed by atoms with E-state index in [1.165, 1.54) is 23.5 Å². The molecule has 1 N–H and O–H groups in total. The van der Waals surface area contributed by atoms with E-state index in [9.17, 15) is 4.39 Å². The van der Waals surface area contributed by atoms with E-state index in [0.717, 1.165) is 63.7 Å². The van der Waals surface area contributed by atoms with Crippen LogP contribution in [0, 0.1) is 11.7 Å². The van der Waals surface area contributed by atoms with Crippen LogP contribution in [0.2, 0.25) is 0 Å². The van der Waals surface area contributed by atoms with Crippen LogP contribution in [0.1, 0.15) is 24.6 Å². The van der Waals surface area contributed by atoms with Gasteiger partial charge in [-0.3, -0.25) is 9.58 Å². The van der Waals surface area contributed by atoms with E-state index in [2.05, 4.69) is 22.0 Å². The summed E-state index contributed by atoms with van der Waals surface area (Å²) in [6, 6.07) is 6.83. The van der Waals surface area contributed by atoms with Crippen LogP contribution < -0.4 is 10.2 Å². The number of anilines is 2. The van der Waals surface area contributed by atoms with E-state index >= 15 is 0 Å². The predicted molar refractivity (Wildman–Crippen MR) is 108 cm³/mol. The minimum atomic E-state index is -0.171. The van der Waals surface area contributed by atoms with Crippen molar-refractivity contribution in [2.24, 2.45) is 13.0 Å². The largest absolute Gasteiger partial charge is 0.369 e. The van der Waals surface area contributed by atoms with Gasteiger partial charge in [-0.2, -0.15) is 5.10 Å². The molecule has 5 nitrogen and oxygen atoms in total. The molecule has 2 heterocycles. The molecule has 1 unspecified atom stereocenters. The van der Waals surface area contributed by atoms with Crippen molar-refractivity contribution in [2.45, 2.75) is 26.2 Å². The van der Waals surface area contributed by atoms with Crippen LogP contribution >= 0.6 is 0 Å². The van der Waals surface area contributed by atoms with Crippen molar-refractivity contribution in [3.05, 3.63) is 41.3 Å². The molecule has 1 aliphatic heterocycles. The minimum Gasteiger partial charge on any atom is -0.369 e. The SMILES string of the molecule is CC1CCc2nn(C)c(NCCN3CCN(c4ccc(F)cc4)CC3)c2C1. The third-order valence-electron chi connectivity index (χ3n) is 5.94. The number of benzene rings is 1. The van der Waals surface area contributed by atoms with Gasteiger partial charge in [-0.1, -0.05) is 6.92 Å². The molecular formula is C21H30FN5. The van der Waals surface area contributed by atoms with E-state index in [4.69, 9.17) is 5.10 Å². The van der Waals surface area contributed by atoms with Gasteiger partial charge in [-0.05, 0) is 49.4 Å². The molecule has 1 fully saturated rings. The van der Waals surface area contributed by atoms with Gasteiger partial charge in [-0.15, -0.1) is 0 Å². The maximum Gasteiger partial charge on any atom is 0.127 e. The fourth-order valence-electron chi connectivity index (χ4n) is 4.31. The van der Waals surface area contributed by atoms with Crippen molar-refractivity contribution in [1.82, 2.24) is 14.7 Å². The van der Waals surface area contributed by atoms with Gasteiger partial charge in [0.1, 0.15) is 11.6 Å². The van der Waals surface area contributed by atoms with Gasteiger partial charge in [0.05, 0.1) is 5.69 Å². The number of nitrogens with one attached hydrogen (secondary N) is 1. The normalized spacial score (nSPS) is 20.6. The maximum atomic E-state index is 13.1. The van der Waals surface area contributed by atoms with Crippen molar-refractivity contribution in [2.75, 3.05) is 49.5 Å². The highest BCUT2D eigenvalue weighted by atomic mass is 19.1. The molecule has 1 saturated heterocycles. The second kappa shape index (κ2) is 7.89. The molecule has 6 heteroatoms. The number of aryl methyl sites for hydroxylation is 2. The molecule has 2 aliphatic rings. The lowest BCUT2D eigenvalue weighted by Crippen LogP contribution is -2.47. The number of nitrogens with zero attached hydrogens (tertiary/aromatic N) is 4. The van der Waals surface area contributed by atoms with Crippen LogP contribution in [-0.4, -0.2) is 53.9 Å². The number of piperazine rings is 1. The Kier molecular flexibility index (Phi) is 5.34. The average Bonchev–Trinajstić information content (AvgIpc) is 2.98. The smallest absolute Gasteiger partial charge is 0.127 e. The zero-order valence-corrected chi connectivity index (χ0v) is 16.4. The molecule has 146 valence electrons. The van der Waals surface area contributed by atoms with Crippen LogP contribution in [0.4, 0.5) is 15.9 Å². The fourth-order valence-corrected chi connectivity index (χ4v) is 4.31. The summed E-state index contributed by atoms with van der Waals surface area (Å²) in [7, 11) is 2.05. The number of aromatic nitrogens is 2. The van der Waals surface area contributed by atoms with Crippen molar-refractivity contribution >= 4 is 11.5 Å². The summed E-state index contributed by atoms with van der Waals surface area (Å²) >= 11 is 0. The van der Waals surface area contributed by atoms with Crippen LogP contribution in [0.15, 0.2) is 24.3 Å². The van der Waals surface area contributed by atoms with Crippen molar-refractivity contribution in [3.8, 4) is 0 Å². The molecule has 0 bridgehead atoms. The Morgan fingerprint density at radius 2 is 1.89 bits per heavy atom. The Hall–Kier alpha value is -2.08. The number of hydrogen-bond donors (Lipinski definition) is 1. The minimum absolute atomic E-state index is 0.171. The Morgan fingerprint density at radius 1 is 1.15 bits per heavy atom. The third kappa shape index (κ3) is 4.10. The lowest BCUT2D eigenvalue weighted by Gasteiger charge is -2.36. The first-order valence-corrected chi connectivity index (χ1v) is 10.1. The van der Waals surface area contributed by atoms with Crippen LogP contribution in [-0.2, 0) is 19.9 Å². The lowest BCUT2D eigenvalue weighted by molar-refractivity contribution is 0.267. The second-order valence-electron chi connectivity index (χ2n) is 7.98.